The van der Waals surface area contributed by atoms with Gasteiger partial charge in [0.05, 0.1) is 6.42 Å². The lowest BCUT2D eigenvalue weighted by Gasteiger charge is -2.11. The Hall–Kier alpha value is -0.180. The van der Waals surface area contributed by atoms with E-state index in [0.717, 1.165) is 18.6 Å². The van der Waals surface area contributed by atoms with Crippen LogP contribution in [0.15, 0.2) is 0 Å². The van der Waals surface area contributed by atoms with E-state index < -0.39 is 5.97 Å². The topological polar surface area (TPSA) is 37.3 Å². The van der Waals surface area contributed by atoms with Crippen molar-refractivity contribution in [3.8, 4) is 0 Å². The number of hydrogen-bond donors (Lipinski definition) is 1. The molecule has 1 N–H and O–H groups in total. The molecule has 0 atom stereocenters. The van der Waals surface area contributed by atoms with Gasteiger partial charge in [0.25, 0.3) is 0 Å². The second-order valence-corrected chi connectivity index (χ2v) is 6.14. The summed E-state index contributed by atoms with van der Waals surface area (Å²) in [5.74, 6) is 1.65. The summed E-state index contributed by atoms with van der Waals surface area (Å²) in [6.07, 6.45) is 9.29. The summed E-state index contributed by atoms with van der Waals surface area (Å²) in [5, 5.41) is 8.78. The van der Waals surface area contributed by atoms with Gasteiger partial charge in [-0.25, -0.2) is 0 Å². The van der Waals surface area contributed by atoms with E-state index in [2.05, 4.69) is 6.92 Å². The molecule has 0 amide bonds. The molecule has 16 heavy (non-hydrogen) atoms. The third kappa shape index (κ3) is 5.78. The highest BCUT2D eigenvalue weighted by Gasteiger charge is 2.43. The average molecular weight is 244 g/mol. The third-order valence-electron chi connectivity index (χ3n) is 3.28. The van der Waals surface area contributed by atoms with Crippen LogP contribution < -0.4 is 0 Å². The first-order valence-electron chi connectivity index (χ1n) is 6.48. The summed E-state index contributed by atoms with van der Waals surface area (Å²) in [6, 6.07) is 0. The van der Waals surface area contributed by atoms with Gasteiger partial charge in [-0.1, -0.05) is 32.6 Å². The van der Waals surface area contributed by atoms with Gasteiger partial charge in [0, 0.05) is 0 Å². The quantitative estimate of drug-likeness (QED) is 0.591. The molecular formula is C13H24O2S. The molecule has 0 spiro atoms. The summed E-state index contributed by atoms with van der Waals surface area (Å²) >= 11 is 1.96. The first kappa shape index (κ1) is 13.9. The molecule has 0 unspecified atom stereocenters. The second kappa shape index (κ2) is 7.21. The summed E-state index contributed by atoms with van der Waals surface area (Å²) < 4.78 is 0. The molecule has 0 aromatic carbocycles. The number of carboxylic acid groups (broad SMARTS) is 1. The van der Waals surface area contributed by atoms with Crippen molar-refractivity contribution < 1.29 is 9.90 Å². The van der Waals surface area contributed by atoms with Gasteiger partial charge in [-0.15, -0.1) is 0 Å². The Morgan fingerprint density at radius 2 is 1.94 bits per heavy atom. The zero-order valence-electron chi connectivity index (χ0n) is 10.3. The van der Waals surface area contributed by atoms with Gasteiger partial charge in [0.15, 0.2) is 0 Å². The van der Waals surface area contributed by atoms with Crippen LogP contribution in [0.5, 0.6) is 0 Å². The van der Waals surface area contributed by atoms with E-state index in [4.69, 9.17) is 5.11 Å². The maximum atomic E-state index is 10.7. The van der Waals surface area contributed by atoms with Crippen molar-refractivity contribution >= 4 is 17.7 Å². The fourth-order valence-electron chi connectivity index (χ4n) is 1.97. The number of aliphatic carboxylic acids is 1. The van der Waals surface area contributed by atoms with E-state index in [1.54, 1.807) is 0 Å². The minimum Gasteiger partial charge on any atom is -0.481 e. The van der Waals surface area contributed by atoms with E-state index >= 15 is 0 Å². The van der Waals surface area contributed by atoms with E-state index in [0.29, 0.717) is 6.42 Å². The molecule has 1 aliphatic rings. The van der Waals surface area contributed by atoms with E-state index in [-0.39, 0.29) is 5.41 Å². The summed E-state index contributed by atoms with van der Waals surface area (Å²) in [5.41, 5.74) is 0.180. The third-order valence-corrected chi connectivity index (χ3v) is 4.68. The zero-order chi connectivity index (χ0) is 11.9. The van der Waals surface area contributed by atoms with Crippen molar-refractivity contribution in [2.75, 3.05) is 11.5 Å². The Morgan fingerprint density at radius 1 is 1.25 bits per heavy atom. The van der Waals surface area contributed by atoms with Crippen molar-refractivity contribution in [2.45, 2.75) is 58.3 Å². The maximum Gasteiger partial charge on any atom is 0.303 e. The Bertz CT molecular complexity index is 212. The molecule has 0 saturated heterocycles. The predicted molar refractivity (Wildman–Crippen MR) is 70.0 cm³/mol. The lowest BCUT2D eigenvalue weighted by atomic mass is 10.1. The second-order valence-electron chi connectivity index (χ2n) is 5.04. The van der Waals surface area contributed by atoms with E-state index in [9.17, 15) is 4.79 Å². The molecule has 0 aromatic rings. The van der Waals surface area contributed by atoms with Crippen LogP contribution >= 0.6 is 11.8 Å². The first-order valence-corrected chi connectivity index (χ1v) is 7.63. The minimum atomic E-state index is -0.624. The molecule has 0 bridgehead atoms. The standard InChI is InChI=1S/C13H24O2S/c1-2-3-4-5-6-9-16-11-13(7-8-13)10-12(14)15/h2-11H2,1H3,(H,14,15). The highest BCUT2D eigenvalue weighted by molar-refractivity contribution is 7.99. The Morgan fingerprint density at radius 3 is 2.50 bits per heavy atom. The summed E-state index contributed by atoms with van der Waals surface area (Å²) in [4.78, 5) is 10.7. The average Bonchev–Trinajstić information content (AvgIpc) is 2.96. The largest absolute Gasteiger partial charge is 0.481 e. The van der Waals surface area contributed by atoms with Crippen LogP contribution in [-0.2, 0) is 4.79 Å². The SMILES string of the molecule is CCCCCCCSCC1(CC(=O)O)CC1. The van der Waals surface area contributed by atoms with Gasteiger partial charge in [-0.3, -0.25) is 4.79 Å². The molecule has 3 heteroatoms. The lowest BCUT2D eigenvalue weighted by Crippen LogP contribution is -2.11. The predicted octanol–water partition coefficient (Wildman–Crippen LogP) is 3.94. The van der Waals surface area contributed by atoms with Crippen LogP contribution in [0.3, 0.4) is 0 Å². The molecule has 1 saturated carbocycles. The first-order chi connectivity index (χ1) is 7.68. The molecule has 1 rings (SSSR count). The van der Waals surface area contributed by atoms with E-state index in [1.807, 2.05) is 11.8 Å². The highest BCUT2D eigenvalue weighted by Crippen LogP contribution is 2.51. The van der Waals surface area contributed by atoms with Gasteiger partial charge < -0.3 is 5.11 Å². The van der Waals surface area contributed by atoms with Crippen LogP contribution in [0, 0.1) is 5.41 Å². The van der Waals surface area contributed by atoms with Crippen molar-refractivity contribution in [3.63, 3.8) is 0 Å². The molecule has 94 valence electrons. The molecule has 0 radical (unpaired) electrons. The fourth-order valence-corrected chi connectivity index (χ4v) is 3.34. The molecule has 0 aliphatic heterocycles. The summed E-state index contributed by atoms with van der Waals surface area (Å²) in [7, 11) is 0. The maximum absolute atomic E-state index is 10.7. The number of thioether (sulfide) groups is 1. The Kier molecular flexibility index (Phi) is 6.25. The minimum absolute atomic E-state index is 0.180. The molecule has 0 aromatic heterocycles. The molecule has 0 heterocycles. The van der Waals surface area contributed by atoms with Crippen molar-refractivity contribution in [1.82, 2.24) is 0 Å². The van der Waals surface area contributed by atoms with Crippen LogP contribution in [0.1, 0.15) is 58.3 Å². The van der Waals surface area contributed by atoms with Gasteiger partial charge in [-0.2, -0.15) is 11.8 Å². The van der Waals surface area contributed by atoms with Crippen molar-refractivity contribution in [2.24, 2.45) is 5.41 Å². The number of rotatable bonds is 10. The normalized spacial score (nSPS) is 17.3. The molecular weight excluding hydrogens is 220 g/mol. The van der Waals surface area contributed by atoms with Crippen LogP contribution in [0.2, 0.25) is 0 Å². The van der Waals surface area contributed by atoms with E-state index in [1.165, 1.54) is 37.9 Å². The zero-order valence-corrected chi connectivity index (χ0v) is 11.2. The van der Waals surface area contributed by atoms with Crippen molar-refractivity contribution in [3.05, 3.63) is 0 Å². The number of carboxylic acids is 1. The Balaban J connectivity index is 1.93. The Labute approximate surface area is 103 Å². The number of unbranched alkanes of at least 4 members (excludes halogenated alkanes) is 4. The monoisotopic (exact) mass is 244 g/mol. The van der Waals surface area contributed by atoms with Gasteiger partial charge in [0.1, 0.15) is 0 Å². The van der Waals surface area contributed by atoms with Gasteiger partial charge in [-0.05, 0) is 36.2 Å². The highest BCUT2D eigenvalue weighted by atomic mass is 32.2. The van der Waals surface area contributed by atoms with Gasteiger partial charge >= 0.3 is 5.97 Å². The summed E-state index contributed by atoms with van der Waals surface area (Å²) in [6.45, 7) is 2.23. The van der Waals surface area contributed by atoms with Crippen molar-refractivity contribution in [1.29, 1.82) is 0 Å². The number of carbonyl (C=O) groups is 1. The lowest BCUT2D eigenvalue weighted by molar-refractivity contribution is -0.138. The van der Waals surface area contributed by atoms with Crippen LogP contribution in [-0.4, -0.2) is 22.6 Å². The fraction of sp³-hybridized carbons (Fsp3) is 0.923. The van der Waals surface area contributed by atoms with Crippen LogP contribution in [0.4, 0.5) is 0 Å². The molecule has 1 fully saturated rings. The van der Waals surface area contributed by atoms with Crippen LogP contribution in [0.25, 0.3) is 0 Å². The smallest absolute Gasteiger partial charge is 0.303 e. The number of hydrogen-bond acceptors (Lipinski definition) is 2. The molecule has 1 aliphatic carbocycles. The van der Waals surface area contributed by atoms with Gasteiger partial charge in [0.2, 0.25) is 0 Å². The molecule has 2 nitrogen and oxygen atoms in total.